The molecule has 2 heterocycles. The van der Waals surface area contributed by atoms with Crippen LogP contribution in [0.3, 0.4) is 0 Å². The van der Waals surface area contributed by atoms with Crippen molar-refractivity contribution in [1.82, 2.24) is 9.88 Å². The van der Waals surface area contributed by atoms with Gasteiger partial charge in [0.25, 0.3) is 0 Å². The molecule has 42 heavy (non-hydrogen) atoms. The molecule has 216 valence electrons. The molecule has 10 nitrogen and oxygen atoms in total. The zero-order valence-corrected chi connectivity index (χ0v) is 22.5. The SMILES string of the molecule is O=C(O)c1cn(C2CC2)c2cc(N3CCNCC3)c(F)cc2c1=O.O=C(OOC(=O)c1ccccc1)c1ccccc1. The number of hydrogen-bond donors (Lipinski definition) is 2. The molecule has 0 bridgehead atoms. The first-order valence-corrected chi connectivity index (χ1v) is 13.4. The van der Waals surface area contributed by atoms with E-state index in [9.17, 15) is 28.7 Å². The molecule has 2 aliphatic rings. The van der Waals surface area contributed by atoms with E-state index in [1.807, 2.05) is 9.47 Å². The maximum absolute atomic E-state index is 14.6. The van der Waals surface area contributed by atoms with Crippen molar-refractivity contribution in [2.24, 2.45) is 0 Å². The summed E-state index contributed by atoms with van der Waals surface area (Å²) in [7, 11) is 0. The normalized spacial score (nSPS) is 14.5. The predicted octanol–water partition coefficient (Wildman–Crippen LogP) is 4.20. The smallest absolute Gasteiger partial charge is 0.386 e. The van der Waals surface area contributed by atoms with Crippen molar-refractivity contribution in [3.05, 3.63) is 112 Å². The van der Waals surface area contributed by atoms with Crippen molar-refractivity contribution < 1.29 is 33.7 Å². The number of carboxylic acids is 1. The molecule has 0 unspecified atom stereocenters. The van der Waals surface area contributed by atoms with Crippen LogP contribution in [-0.4, -0.2) is 53.8 Å². The summed E-state index contributed by atoms with van der Waals surface area (Å²) in [5.41, 5.74) is 0.795. The lowest BCUT2D eigenvalue weighted by Gasteiger charge is -2.30. The summed E-state index contributed by atoms with van der Waals surface area (Å²) in [6.45, 7) is 2.96. The second-order valence-corrected chi connectivity index (χ2v) is 9.85. The van der Waals surface area contributed by atoms with Crippen LogP contribution in [0.4, 0.5) is 10.1 Å². The molecule has 1 aliphatic heterocycles. The molecule has 2 N–H and O–H groups in total. The predicted molar refractivity (Wildman–Crippen MR) is 152 cm³/mol. The largest absolute Gasteiger partial charge is 0.477 e. The Morgan fingerprint density at radius 3 is 1.90 bits per heavy atom. The summed E-state index contributed by atoms with van der Waals surface area (Å²) in [6, 6.07) is 19.7. The van der Waals surface area contributed by atoms with Crippen LogP contribution >= 0.6 is 0 Å². The van der Waals surface area contributed by atoms with Gasteiger partial charge in [0, 0.05) is 43.8 Å². The highest BCUT2D eigenvalue weighted by atomic mass is 19.1. The Morgan fingerprint density at radius 2 is 1.40 bits per heavy atom. The number of aromatic carboxylic acids is 1. The number of benzene rings is 3. The molecule has 6 rings (SSSR count). The number of piperazine rings is 1. The van der Waals surface area contributed by atoms with Crippen LogP contribution in [0.25, 0.3) is 10.9 Å². The highest BCUT2D eigenvalue weighted by Crippen LogP contribution is 2.38. The summed E-state index contributed by atoms with van der Waals surface area (Å²) in [6.07, 6.45) is 3.29. The van der Waals surface area contributed by atoms with Gasteiger partial charge in [0.05, 0.1) is 22.3 Å². The number of rotatable bonds is 5. The lowest BCUT2D eigenvalue weighted by atomic mass is 10.1. The lowest BCUT2D eigenvalue weighted by molar-refractivity contribution is -0.187. The van der Waals surface area contributed by atoms with Crippen LogP contribution in [-0.2, 0) is 9.78 Å². The number of carboxylic acid groups (broad SMARTS) is 1. The molecular formula is C31H28FN3O7. The molecule has 11 heteroatoms. The van der Waals surface area contributed by atoms with E-state index in [-0.39, 0.29) is 17.0 Å². The van der Waals surface area contributed by atoms with Crippen molar-refractivity contribution in [3.63, 3.8) is 0 Å². The van der Waals surface area contributed by atoms with Crippen LogP contribution in [0.5, 0.6) is 0 Å². The summed E-state index contributed by atoms with van der Waals surface area (Å²) in [5, 5.41) is 12.6. The molecule has 4 aromatic rings. The first-order valence-electron chi connectivity index (χ1n) is 13.4. The molecular weight excluding hydrogens is 545 g/mol. The fourth-order valence-corrected chi connectivity index (χ4v) is 4.63. The number of carbonyl (C=O) groups is 3. The van der Waals surface area contributed by atoms with E-state index in [1.54, 1.807) is 66.7 Å². The van der Waals surface area contributed by atoms with Gasteiger partial charge in [0.1, 0.15) is 11.4 Å². The van der Waals surface area contributed by atoms with Crippen LogP contribution in [0, 0.1) is 5.82 Å². The topological polar surface area (TPSA) is 127 Å². The Bertz CT molecular complexity index is 1610. The van der Waals surface area contributed by atoms with Crippen LogP contribution in [0.2, 0.25) is 0 Å². The Balaban J connectivity index is 0.000000176. The van der Waals surface area contributed by atoms with E-state index in [2.05, 4.69) is 15.1 Å². The Labute approximate surface area is 239 Å². The maximum atomic E-state index is 14.6. The van der Waals surface area contributed by atoms with Gasteiger partial charge < -0.3 is 19.9 Å². The zero-order valence-electron chi connectivity index (χ0n) is 22.5. The van der Waals surface area contributed by atoms with Crippen molar-refractivity contribution >= 4 is 34.5 Å². The number of nitrogens with one attached hydrogen (secondary N) is 1. The number of fused-ring (bicyclic) bond motifs is 1. The van der Waals surface area contributed by atoms with E-state index in [4.69, 9.17) is 0 Å². The number of carbonyl (C=O) groups excluding carboxylic acids is 2. The van der Waals surface area contributed by atoms with Crippen molar-refractivity contribution in [3.8, 4) is 0 Å². The number of nitrogens with zero attached hydrogens (tertiary/aromatic N) is 2. The standard InChI is InChI=1S/C17H18FN3O3.C14H10O4/c18-13-7-11-14(8-15(13)20-5-3-19-4-6-20)21(10-1-2-10)9-12(16(11)22)17(23)24;15-13(11-7-3-1-4-8-11)17-18-14(16)12-9-5-2-6-10-12/h7-10,19H,1-6H2,(H,23,24);1-10H. The van der Waals surface area contributed by atoms with E-state index < -0.39 is 29.2 Å². The van der Waals surface area contributed by atoms with Gasteiger partial charge in [0.2, 0.25) is 5.43 Å². The number of pyridine rings is 1. The van der Waals surface area contributed by atoms with Crippen LogP contribution in [0.15, 0.2) is 83.8 Å². The molecule has 1 saturated heterocycles. The van der Waals surface area contributed by atoms with E-state index in [0.29, 0.717) is 35.4 Å². The van der Waals surface area contributed by atoms with Crippen LogP contribution < -0.4 is 15.6 Å². The number of halogens is 1. The van der Waals surface area contributed by atoms with Gasteiger partial charge in [-0.05, 0) is 49.2 Å². The van der Waals surface area contributed by atoms with Crippen molar-refractivity contribution in [2.75, 3.05) is 31.1 Å². The monoisotopic (exact) mass is 573 g/mol. The third-order valence-electron chi connectivity index (χ3n) is 6.94. The number of anilines is 1. The molecule has 1 aromatic heterocycles. The summed E-state index contributed by atoms with van der Waals surface area (Å²) in [5.74, 6) is -3.17. The third-order valence-corrected chi connectivity index (χ3v) is 6.94. The minimum atomic E-state index is -1.28. The Morgan fingerprint density at radius 1 is 0.857 bits per heavy atom. The van der Waals surface area contributed by atoms with E-state index in [1.165, 1.54) is 12.3 Å². The second kappa shape index (κ2) is 12.6. The first-order chi connectivity index (χ1) is 20.3. The quantitative estimate of drug-likeness (QED) is 0.267. The average Bonchev–Trinajstić information content (AvgIpc) is 3.87. The lowest BCUT2D eigenvalue weighted by Crippen LogP contribution is -2.43. The number of hydrogen-bond acceptors (Lipinski definition) is 8. The van der Waals surface area contributed by atoms with Gasteiger partial charge in [-0.25, -0.2) is 28.5 Å². The van der Waals surface area contributed by atoms with Gasteiger partial charge in [-0.2, -0.15) is 0 Å². The van der Waals surface area contributed by atoms with Crippen molar-refractivity contribution in [1.29, 1.82) is 0 Å². The third kappa shape index (κ3) is 6.47. The maximum Gasteiger partial charge on any atom is 0.386 e. The highest BCUT2D eigenvalue weighted by molar-refractivity contribution is 5.94. The van der Waals surface area contributed by atoms with E-state index >= 15 is 0 Å². The fourth-order valence-electron chi connectivity index (χ4n) is 4.63. The van der Waals surface area contributed by atoms with Gasteiger partial charge in [-0.3, -0.25) is 4.79 Å². The minimum absolute atomic E-state index is 0.137. The summed E-state index contributed by atoms with van der Waals surface area (Å²) in [4.78, 5) is 57.6. The molecule has 1 aliphatic carbocycles. The Hall–Kier alpha value is -5.03. The van der Waals surface area contributed by atoms with Gasteiger partial charge >= 0.3 is 17.9 Å². The summed E-state index contributed by atoms with van der Waals surface area (Å²) < 4.78 is 16.4. The Kier molecular flexibility index (Phi) is 8.58. The molecule has 1 saturated carbocycles. The molecule has 3 aromatic carbocycles. The second-order valence-electron chi connectivity index (χ2n) is 9.85. The minimum Gasteiger partial charge on any atom is -0.477 e. The van der Waals surface area contributed by atoms with Crippen molar-refractivity contribution in [2.45, 2.75) is 18.9 Å². The molecule has 0 radical (unpaired) electrons. The van der Waals surface area contributed by atoms with Gasteiger partial charge in [-0.1, -0.05) is 36.4 Å². The molecule has 2 fully saturated rings. The van der Waals surface area contributed by atoms with Gasteiger partial charge in [0.15, 0.2) is 0 Å². The summed E-state index contributed by atoms with van der Waals surface area (Å²) >= 11 is 0. The van der Waals surface area contributed by atoms with E-state index in [0.717, 1.165) is 25.9 Å². The molecule has 0 spiro atoms. The first kappa shape index (κ1) is 28.5. The average molecular weight is 574 g/mol. The highest BCUT2D eigenvalue weighted by Gasteiger charge is 2.28. The molecule has 0 atom stereocenters. The fraction of sp³-hybridized carbons (Fsp3) is 0.226. The zero-order chi connectivity index (χ0) is 29.6. The van der Waals surface area contributed by atoms with Crippen LogP contribution in [0.1, 0.15) is 50.0 Å². The number of aromatic nitrogens is 1. The molecule has 0 amide bonds. The van der Waals surface area contributed by atoms with Gasteiger partial charge in [-0.15, -0.1) is 0 Å².